The number of nitrogens with zero attached hydrogens (tertiary/aromatic N) is 3. The molecule has 10 nitrogen and oxygen atoms in total. The minimum atomic E-state index is -3.78. The Morgan fingerprint density at radius 2 is 2.24 bits per heavy atom. The van der Waals surface area contributed by atoms with Crippen LogP contribution >= 0.6 is 0 Å². The third kappa shape index (κ3) is 3.95. The maximum atomic E-state index is 12.4. The number of fused-ring (bicyclic) bond motifs is 1. The molecule has 3 aromatic rings. The zero-order valence-electron chi connectivity index (χ0n) is 13.4. The molecule has 1 aromatic carbocycles. The van der Waals surface area contributed by atoms with Crippen LogP contribution in [0.15, 0.2) is 38.6 Å². The van der Waals surface area contributed by atoms with Gasteiger partial charge in [0, 0.05) is 20.3 Å². The van der Waals surface area contributed by atoms with Crippen LogP contribution in [0.4, 0.5) is 0 Å². The molecule has 0 saturated heterocycles. The van der Waals surface area contributed by atoms with Crippen molar-refractivity contribution in [1.29, 1.82) is 0 Å². The predicted molar refractivity (Wildman–Crippen MR) is 87.4 cm³/mol. The summed E-state index contributed by atoms with van der Waals surface area (Å²) in [4.78, 5) is 13.6. The summed E-state index contributed by atoms with van der Waals surface area (Å²) in [5.74, 6) is -0.140. The lowest BCUT2D eigenvalue weighted by Crippen LogP contribution is -2.25. The fraction of sp³-hybridized carbons (Fsp3) is 0.357. The van der Waals surface area contributed by atoms with Crippen molar-refractivity contribution < 1.29 is 17.6 Å². The van der Waals surface area contributed by atoms with Crippen LogP contribution in [0.25, 0.3) is 11.1 Å². The molecule has 0 radical (unpaired) electrons. The highest BCUT2D eigenvalue weighted by atomic mass is 32.2. The Labute approximate surface area is 142 Å². The SMILES string of the molecule is COCCCn1cnnc1CNS(=O)(=O)c1ccc2oc(=O)[nH]c2c1. The summed E-state index contributed by atoms with van der Waals surface area (Å²) >= 11 is 0. The molecule has 2 N–H and O–H groups in total. The summed E-state index contributed by atoms with van der Waals surface area (Å²) < 4.78 is 39.0. The number of nitrogens with one attached hydrogen (secondary N) is 2. The van der Waals surface area contributed by atoms with Gasteiger partial charge in [0.25, 0.3) is 0 Å². The van der Waals surface area contributed by atoms with Crippen LogP contribution in [0, 0.1) is 0 Å². The van der Waals surface area contributed by atoms with E-state index in [-0.39, 0.29) is 11.4 Å². The first-order valence-electron chi connectivity index (χ1n) is 7.48. The van der Waals surface area contributed by atoms with E-state index in [1.807, 2.05) is 0 Å². The van der Waals surface area contributed by atoms with Gasteiger partial charge in [0.1, 0.15) is 12.2 Å². The normalized spacial score (nSPS) is 12.0. The molecule has 11 heteroatoms. The van der Waals surface area contributed by atoms with Gasteiger partial charge in [0.15, 0.2) is 5.58 Å². The highest BCUT2D eigenvalue weighted by Crippen LogP contribution is 2.16. The molecule has 0 aliphatic rings. The average molecular weight is 367 g/mol. The second-order valence-electron chi connectivity index (χ2n) is 5.28. The molecular formula is C14H17N5O5S. The number of hydrogen-bond donors (Lipinski definition) is 2. The molecule has 0 saturated carbocycles. The van der Waals surface area contributed by atoms with E-state index in [2.05, 4.69) is 19.9 Å². The van der Waals surface area contributed by atoms with Crippen LogP contribution in [-0.4, -0.2) is 41.9 Å². The number of sulfonamides is 1. The molecule has 3 rings (SSSR count). The lowest BCUT2D eigenvalue weighted by atomic mass is 10.3. The van der Waals surface area contributed by atoms with Crippen LogP contribution in [0.3, 0.4) is 0 Å². The van der Waals surface area contributed by atoms with Crippen LogP contribution < -0.4 is 10.5 Å². The van der Waals surface area contributed by atoms with E-state index in [0.29, 0.717) is 30.1 Å². The molecule has 0 fully saturated rings. The van der Waals surface area contributed by atoms with Crippen LogP contribution in [0.5, 0.6) is 0 Å². The summed E-state index contributed by atoms with van der Waals surface area (Å²) in [7, 11) is -2.16. The maximum absolute atomic E-state index is 12.4. The first-order valence-corrected chi connectivity index (χ1v) is 8.96. The standard InChI is InChI=1S/C14H17N5O5S/c1-23-6-2-5-19-9-15-18-13(19)8-16-25(21,22)10-3-4-12-11(7-10)17-14(20)24-12/h3-4,7,9,16H,2,5-6,8H2,1H3,(H,17,20). The maximum Gasteiger partial charge on any atom is 0.417 e. The number of ether oxygens (including phenoxy) is 1. The van der Waals surface area contributed by atoms with Crippen molar-refractivity contribution in [3.63, 3.8) is 0 Å². The van der Waals surface area contributed by atoms with Gasteiger partial charge in [0.2, 0.25) is 10.0 Å². The molecule has 25 heavy (non-hydrogen) atoms. The molecule has 0 spiro atoms. The minimum absolute atomic E-state index is 0.00470. The molecule has 2 aromatic heterocycles. The number of aryl methyl sites for hydroxylation is 1. The van der Waals surface area contributed by atoms with Gasteiger partial charge < -0.3 is 13.7 Å². The van der Waals surface area contributed by atoms with E-state index < -0.39 is 15.8 Å². The Bertz CT molecular complexity index is 1020. The third-order valence-electron chi connectivity index (χ3n) is 3.56. The zero-order valence-corrected chi connectivity index (χ0v) is 14.2. The van der Waals surface area contributed by atoms with Gasteiger partial charge in [-0.25, -0.2) is 17.9 Å². The average Bonchev–Trinajstić information content (AvgIpc) is 3.17. The van der Waals surface area contributed by atoms with Gasteiger partial charge in [0.05, 0.1) is 17.0 Å². The zero-order chi connectivity index (χ0) is 17.9. The molecular weight excluding hydrogens is 350 g/mol. The van der Waals surface area contributed by atoms with Gasteiger partial charge in [-0.05, 0) is 24.6 Å². The van der Waals surface area contributed by atoms with Gasteiger partial charge in [-0.1, -0.05) is 0 Å². The molecule has 0 bridgehead atoms. The number of aromatic amines is 1. The Morgan fingerprint density at radius 1 is 1.40 bits per heavy atom. The summed E-state index contributed by atoms with van der Waals surface area (Å²) in [5.41, 5.74) is 0.609. The van der Waals surface area contributed by atoms with E-state index in [1.165, 1.54) is 18.2 Å². The van der Waals surface area contributed by atoms with E-state index >= 15 is 0 Å². The number of oxazole rings is 1. The molecule has 0 amide bonds. The van der Waals surface area contributed by atoms with Gasteiger partial charge >= 0.3 is 5.76 Å². The molecule has 0 unspecified atom stereocenters. The monoisotopic (exact) mass is 367 g/mol. The fourth-order valence-electron chi connectivity index (χ4n) is 2.32. The van der Waals surface area contributed by atoms with Crippen molar-refractivity contribution in [3.05, 3.63) is 40.9 Å². The summed E-state index contributed by atoms with van der Waals surface area (Å²) in [6.07, 6.45) is 2.31. The van der Waals surface area contributed by atoms with Gasteiger partial charge in [-0.15, -0.1) is 10.2 Å². The van der Waals surface area contributed by atoms with E-state index in [9.17, 15) is 13.2 Å². The van der Waals surface area contributed by atoms with Crippen molar-refractivity contribution in [1.82, 2.24) is 24.5 Å². The van der Waals surface area contributed by atoms with E-state index in [1.54, 1.807) is 18.0 Å². The van der Waals surface area contributed by atoms with Crippen LogP contribution in [0.2, 0.25) is 0 Å². The Kier molecular flexibility index (Phi) is 4.97. The van der Waals surface area contributed by atoms with Gasteiger partial charge in [-0.2, -0.15) is 0 Å². The number of benzene rings is 1. The fourth-order valence-corrected chi connectivity index (χ4v) is 3.33. The number of aromatic nitrogens is 4. The quantitative estimate of drug-likeness (QED) is 0.545. The summed E-state index contributed by atoms with van der Waals surface area (Å²) in [5, 5.41) is 7.73. The Balaban J connectivity index is 1.73. The van der Waals surface area contributed by atoms with Crippen molar-refractivity contribution in [2.24, 2.45) is 0 Å². The number of H-pyrrole nitrogens is 1. The first-order chi connectivity index (χ1) is 12.0. The second-order valence-corrected chi connectivity index (χ2v) is 7.05. The molecule has 0 aliphatic carbocycles. The molecule has 0 aliphatic heterocycles. The van der Waals surface area contributed by atoms with Crippen molar-refractivity contribution >= 4 is 21.1 Å². The number of rotatable bonds is 8. The summed E-state index contributed by atoms with van der Waals surface area (Å²) in [6.45, 7) is 1.21. The molecule has 0 atom stereocenters. The van der Waals surface area contributed by atoms with Crippen molar-refractivity contribution in [2.75, 3.05) is 13.7 Å². The van der Waals surface area contributed by atoms with Crippen LogP contribution in [0.1, 0.15) is 12.2 Å². The van der Waals surface area contributed by atoms with Gasteiger partial charge in [-0.3, -0.25) is 4.98 Å². The highest BCUT2D eigenvalue weighted by Gasteiger charge is 2.17. The predicted octanol–water partition coefficient (Wildman–Crippen LogP) is 0.228. The van der Waals surface area contributed by atoms with Crippen LogP contribution in [-0.2, 0) is 27.8 Å². The Hall–Kier alpha value is -2.50. The Morgan fingerprint density at radius 3 is 3.04 bits per heavy atom. The smallest absolute Gasteiger partial charge is 0.408 e. The molecule has 2 heterocycles. The van der Waals surface area contributed by atoms with E-state index in [0.717, 1.165) is 6.42 Å². The van der Waals surface area contributed by atoms with Crippen molar-refractivity contribution in [3.8, 4) is 0 Å². The second kappa shape index (κ2) is 7.17. The van der Waals surface area contributed by atoms with Crippen molar-refractivity contribution in [2.45, 2.75) is 24.4 Å². The minimum Gasteiger partial charge on any atom is -0.408 e. The lowest BCUT2D eigenvalue weighted by molar-refractivity contribution is 0.190. The molecule has 134 valence electrons. The van der Waals surface area contributed by atoms with E-state index in [4.69, 9.17) is 9.15 Å². The summed E-state index contributed by atoms with van der Waals surface area (Å²) in [6, 6.07) is 4.13. The number of hydrogen-bond acceptors (Lipinski definition) is 7. The highest BCUT2D eigenvalue weighted by molar-refractivity contribution is 7.89. The topological polar surface area (TPSA) is 132 Å². The largest absolute Gasteiger partial charge is 0.417 e. The number of methoxy groups -OCH3 is 1. The first kappa shape index (κ1) is 17.3. The third-order valence-corrected chi connectivity index (χ3v) is 4.96. The lowest BCUT2D eigenvalue weighted by Gasteiger charge is -2.08.